The number of hydrogen-bond acceptors (Lipinski definition) is 9. The third-order valence-corrected chi connectivity index (χ3v) is 4.63. The molecular weight excluding hydrogens is 439 g/mol. The van der Waals surface area contributed by atoms with Crippen LogP contribution in [0.5, 0.6) is 17.2 Å². The molecule has 3 rings (SSSR count). The Labute approximate surface area is 212 Å². The van der Waals surface area contributed by atoms with Crippen LogP contribution in [0.2, 0.25) is 0 Å². The van der Waals surface area contributed by atoms with Gasteiger partial charge in [0.25, 0.3) is 5.91 Å². The van der Waals surface area contributed by atoms with Crippen molar-refractivity contribution < 1.29 is 58.5 Å². The van der Waals surface area contributed by atoms with Gasteiger partial charge in [-0.3, -0.25) is 10.1 Å². The summed E-state index contributed by atoms with van der Waals surface area (Å²) in [5.74, 6) is -0.600. The molecule has 0 aliphatic rings. The molecule has 10 nitrogen and oxygen atoms in total. The number of nitrogens with two attached hydrogens (primary N) is 1. The van der Waals surface area contributed by atoms with Crippen molar-refractivity contribution in [2.45, 2.75) is 6.42 Å². The van der Waals surface area contributed by atoms with Crippen LogP contribution in [0.15, 0.2) is 42.6 Å². The number of anilines is 2. The number of nitrogens with one attached hydrogen (secondary N) is 1. The number of hydrogen-bond donors (Lipinski definition) is 2. The molecule has 0 atom stereocenters. The van der Waals surface area contributed by atoms with Crippen molar-refractivity contribution in [3.05, 3.63) is 64.8 Å². The Hall–Kier alpha value is -3.34. The van der Waals surface area contributed by atoms with Gasteiger partial charge in [-0.15, -0.1) is 0 Å². The summed E-state index contributed by atoms with van der Waals surface area (Å²) in [6.07, 6.45) is 1.84. The number of nitrogen functional groups attached to an aromatic ring is 1. The molecule has 1 amide bonds. The Morgan fingerprint density at radius 3 is 2.15 bits per heavy atom. The smallest absolute Gasteiger partial charge is 0.545 e. The second-order valence-electron chi connectivity index (χ2n) is 6.60. The molecule has 0 bridgehead atoms. The van der Waals surface area contributed by atoms with E-state index in [1.165, 1.54) is 51.8 Å². The number of carboxylic acid groups (broad SMARTS) is 1. The van der Waals surface area contributed by atoms with Crippen LogP contribution in [0.1, 0.15) is 31.8 Å². The van der Waals surface area contributed by atoms with E-state index in [0.717, 1.165) is 5.56 Å². The predicted octanol–water partition coefficient (Wildman–Crippen LogP) is -1.70. The van der Waals surface area contributed by atoms with Crippen LogP contribution in [-0.4, -0.2) is 43.2 Å². The summed E-state index contributed by atoms with van der Waals surface area (Å²) < 4.78 is 16.0. The van der Waals surface area contributed by atoms with Crippen LogP contribution in [0.4, 0.5) is 11.8 Å². The van der Waals surface area contributed by atoms with Gasteiger partial charge in [0.1, 0.15) is 5.82 Å². The van der Waals surface area contributed by atoms with E-state index in [2.05, 4.69) is 15.3 Å². The maximum Gasteiger partial charge on any atom is 1.00 e. The molecular formula is C22H21N4NaO6. The zero-order chi connectivity index (χ0) is 23.3. The van der Waals surface area contributed by atoms with Crippen molar-refractivity contribution in [1.29, 1.82) is 0 Å². The molecule has 1 heterocycles. The fraction of sp³-hybridized carbons (Fsp3) is 0.182. The Morgan fingerprint density at radius 1 is 1.03 bits per heavy atom. The Morgan fingerprint density at radius 2 is 1.64 bits per heavy atom. The van der Waals surface area contributed by atoms with E-state index in [1.54, 1.807) is 12.1 Å². The summed E-state index contributed by atoms with van der Waals surface area (Å²) in [4.78, 5) is 31.9. The summed E-state index contributed by atoms with van der Waals surface area (Å²) in [6.45, 7) is 0. The number of nitrogens with zero attached hydrogens (tertiary/aromatic N) is 2. The quantitative estimate of drug-likeness (QED) is 0.375. The van der Waals surface area contributed by atoms with Crippen LogP contribution in [0, 0.1) is 0 Å². The molecule has 0 saturated carbocycles. The van der Waals surface area contributed by atoms with Gasteiger partial charge in [-0.05, 0) is 23.8 Å². The number of ether oxygens (including phenoxy) is 3. The fourth-order valence-corrected chi connectivity index (χ4v) is 3.10. The molecule has 0 aliphatic carbocycles. The molecule has 11 heteroatoms. The third-order valence-electron chi connectivity index (χ3n) is 4.63. The van der Waals surface area contributed by atoms with E-state index < -0.39 is 11.9 Å². The molecule has 2 aromatic carbocycles. The van der Waals surface area contributed by atoms with Crippen molar-refractivity contribution in [1.82, 2.24) is 9.97 Å². The third kappa shape index (κ3) is 5.92. The van der Waals surface area contributed by atoms with Gasteiger partial charge in [0.05, 0.1) is 27.3 Å². The van der Waals surface area contributed by atoms with Gasteiger partial charge in [-0.1, -0.05) is 18.2 Å². The Bertz CT molecular complexity index is 1150. The van der Waals surface area contributed by atoms with Crippen LogP contribution in [-0.2, 0) is 6.42 Å². The molecule has 33 heavy (non-hydrogen) atoms. The standard InChI is InChI=1S/C22H22N4O6.Na/c1-30-16-9-12(10-17(31-2)18(16)32-3)8-13-11-24-22(25-19(13)23)26-20(27)14-6-4-5-7-15(14)21(28)29;/h4-7,9-11H,8H2,1-3H3,(H,28,29)(H3,23,24,25,26,27);/q;+1/p-1. The molecule has 0 saturated heterocycles. The normalized spacial score (nSPS) is 10.0. The average Bonchev–Trinajstić information content (AvgIpc) is 2.79. The van der Waals surface area contributed by atoms with E-state index >= 15 is 0 Å². The summed E-state index contributed by atoms with van der Waals surface area (Å²) in [7, 11) is 4.56. The zero-order valence-corrected chi connectivity index (χ0v) is 20.7. The van der Waals surface area contributed by atoms with Crippen molar-refractivity contribution >= 4 is 23.6 Å². The second-order valence-corrected chi connectivity index (χ2v) is 6.60. The number of carbonyl (C=O) groups is 2. The van der Waals surface area contributed by atoms with Crippen molar-refractivity contribution in [3.63, 3.8) is 0 Å². The molecule has 166 valence electrons. The summed E-state index contributed by atoms with van der Waals surface area (Å²) in [6, 6.07) is 9.24. The number of aromatic nitrogens is 2. The van der Waals surface area contributed by atoms with E-state index in [4.69, 9.17) is 19.9 Å². The van der Waals surface area contributed by atoms with Gasteiger partial charge in [0, 0.05) is 29.3 Å². The van der Waals surface area contributed by atoms with Gasteiger partial charge in [-0.2, -0.15) is 4.98 Å². The Kier molecular flexibility index (Phi) is 9.03. The number of amides is 1. The van der Waals surface area contributed by atoms with Crippen LogP contribution in [0.25, 0.3) is 0 Å². The van der Waals surface area contributed by atoms with Crippen LogP contribution >= 0.6 is 0 Å². The van der Waals surface area contributed by atoms with Gasteiger partial charge in [-0.25, -0.2) is 4.98 Å². The molecule has 1 aromatic heterocycles. The van der Waals surface area contributed by atoms with Gasteiger partial charge >= 0.3 is 29.6 Å². The minimum atomic E-state index is -1.46. The molecule has 0 spiro atoms. The number of carbonyl (C=O) groups excluding carboxylic acids is 2. The van der Waals surface area contributed by atoms with Crippen LogP contribution in [0.3, 0.4) is 0 Å². The monoisotopic (exact) mass is 460 g/mol. The average molecular weight is 460 g/mol. The molecule has 3 aromatic rings. The largest absolute Gasteiger partial charge is 1.00 e. The topological polar surface area (TPSA) is 149 Å². The van der Waals surface area contributed by atoms with Gasteiger partial charge in [0.15, 0.2) is 11.5 Å². The summed E-state index contributed by atoms with van der Waals surface area (Å²) in [5.41, 5.74) is 7.17. The van der Waals surface area contributed by atoms with Crippen molar-refractivity contribution in [2.75, 3.05) is 32.4 Å². The fourth-order valence-electron chi connectivity index (χ4n) is 3.10. The first-order valence-electron chi connectivity index (χ1n) is 9.40. The molecule has 0 unspecified atom stereocenters. The van der Waals surface area contributed by atoms with E-state index in [1.807, 2.05) is 0 Å². The first-order valence-corrected chi connectivity index (χ1v) is 9.40. The molecule has 0 fully saturated rings. The number of aromatic carboxylic acids is 1. The number of carboxylic acids is 1. The Balaban J connectivity index is 0.00000385. The summed E-state index contributed by atoms with van der Waals surface area (Å²) >= 11 is 0. The number of rotatable bonds is 8. The van der Waals surface area contributed by atoms with E-state index in [0.29, 0.717) is 29.2 Å². The SMILES string of the molecule is COc1cc(Cc2cnc(NC(=O)c3ccccc3C(=O)[O-])nc2N)cc(OC)c1OC.[Na+]. The van der Waals surface area contributed by atoms with E-state index in [-0.39, 0.29) is 52.5 Å². The first-order chi connectivity index (χ1) is 15.4. The van der Waals surface area contributed by atoms with Gasteiger partial charge in [0.2, 0.25) is 11.7 Å². The van der Waals surface area contributed by atoms with Crippen molar-refractivity contribution in [2.24, 2.45) is 0 Å². The predicted molar refractivity (Wildman–Crippen MR) is 114 cm³/mol. The van der Waals surface area contributed by atoms with Gasteiger partial charge < -0.3 is 29.8 Å². The minimum absolute atomic E-state index is 0. The number of methoxy groups -OCH3 is 3. The molecule has 0 radical (unpaired) electrons. The van der Waals surface area contributed by atoms with E-state index in [9.17, 15) is 14.7 Å². The summed E-state index contributed by atoms with van der Waals surface area (Å²) in [5, 5.41) is 13.7. The maximum atomic E-state index is 12.5. The number of benzene rings is 2. The van der Waals surface area contributed by atoms with Crippen LogP contribution < -0.4 is 59.9 Å². The maximum absolute atomic E-state index is 12.5. The molecule has 0 aliphatic heterocycles. The molecule has 3 N–H and O–H groups in total. The first kappa shape index (κ1) is 25.9. The second kappa shape index (κ2) is 11.5. The zero-order valence-electron chi connectivity index (χ0n) is 18.7. The van der Waals surface area contributed by atoms with Crippen molar-refractivity contribution in [3.8, 4) is 17.2 Å². The minimum Gasteiger partial charge on any atom is -0.545 e.